The van der Waals surface area contributed by atoms with E-state index in [0.717, 1.165) is 5.56 Å². The SMILES string of the molecule is Cc1ccc(Cl)cc1C(=O)c1cc(C)c(F)c(C)c1. The van der Waals surface area contributed by atoms with Gasteiger partial charge in [-0.15, -0.1) is 0 Å². The Bertz CT molecular complexity index is 639. The number of ketones is 1. The van der Waals surface area contributed by atoms with Crippen LogP contribution < -0.4 is 0 Å². The lowest BCUT2D eigenvalue weighted by atomic mass is 9.96. The molecule has 0 bridgehead atoms. The average Bonchev–Trinajstić information content (AvgIpc) is 2.37. The van der Waals surface area contributed by atoms with Crippen LogP contribution in [0.4, 0.5) is 4.39 Å². The molecule has 0 saturated heterocycles. The minimum Gasteiger partial charge on any atom is -0.289 e. The monoisotopic (exact) mass is 276 g/mol. The van der Waals surface area contributed by atoms with E-state index < -0.39 is 0 Å². The van der Waals surface area contributed by atoms with Gasteiger partial charge in [0, 0.05) is 16.1 Å². The number of halogens is 2. The largest absolute Gasteiger partial charge is 0.289 e. The zero-order valence-electron chi connectivity index (χ0n) is 11.1. The molecule has 0 amide bonds. The molecule has 0 aliphatic rings. The number of hydrogen-bond donors (Lipinski definition) is 0. The first-order valence-corrected chi connectivity index (χ1v) is 6.35. The molecule has 0 unspecified atom stereocenters. The predicted molar refractivity (Wildman–Crippen MR) is 75.5 cm³/mol. The predicted octanol–water partition coefficient (Wildman–Crippen LogP) is 4.64. The van der Waals surface area contributed by atoms with Crippen molar-refractivity contribution in [3.05, 3.63) is 69.0 Å². The van der Waals surface area contributed by atoms with Gasteiger partial charge in [-0.1, -0.05) is 17.7 Å². The lowest BCUT2D eigenvalue weighted by Gasteiger charge is -2.08. The van der Waals surface area contributed by atoms with Crippen molar-refractivity contribution in [2.24, 2.45) is 0 Å². The Morgan fingerprint density at radius 3 is 2.16 bits per heavy atom. The second-order valence-corrected chi connectivity index (χ2v) is 5.15. The molecule has 0 fully saturated rings. The van der Waals surface area contributed by atoms with Crippen molar-refractivity contribution in [3.63, 3.8) is 0 Å². The van der Waals surface area contributed by atoms with Crippen LogP contribution in [-0.2, 0) is 0 Å². The molecule has 2 rings (SSSR count). The van der Waals surface area contributed by atoms with E-state index in [4.69, 9.17) is 11.6 Å². The summed E-state index contributed by atoms with van der Waals surface area (Å²) in [7, 11) is 0. The van der Waals surface area contributed by atoms with Crippen LogP contribution in [0.3, 0.4) is 0 Å². The van der Waals surface area contributed by atoms with Crippen LogP contribution in [0.1, 0.15) is 32.6 Å². The van der Waals surface area contributed by atoms with Crippen LogP contribution in [-0.4, -0.2) is 5.78 Å². The van der Waals surface area contributed by atoms with E-state index in [1.165, 1.54) is 0 Å². The molecule has 2 aromatic carbocycles. The van der Waals surface area contributed by atoms with Crippen LogP contribution in [0.25, 0.3) is 0 Å². The number of carbonyl (C=O) groups is 1. The molecule has 0 aliphatic carbocycles. The van der Waals surface area contributed by atoms with Gasteiger partial charge in [0.05, 0.1) is 0 Å². The molecule has 2 aromatic rings. The maximum absolute atomic E-state index is 13.6. The standard InChI is InChI=1S/C16H14ClFO/c1-9-4-5-13(17)8-14(9)16(19)12-6-10(2)15(18)11(3)7-12/h4-8H,1-3H3. The second-order valence-electron chi connectivity index (χ2n) is 4.71. The fourth-order valence-corrected chi connectivity index (χ4v) is 2.24. The van der Waals surface area contributed by atoms with Crippen LogP contribution in [0.2, 0.25) is 5.02 Å². The second kappa shape index (κ2) is 5.14. The molecule has 0 atom stereocenters. The lowest BCUT2D eigenvalue weighted by Crippen LogP contribution is -2.05. The summed E-state index contributed by atoms with van der Waals surface area (Å²) in [6.45, 7) is 5.17. The quantitative estimate of drug-likeness (QED) is 0.731. The first-order chi connectivity index (χ1) is 8.90. The van der Waals surface area contributed by atoms with E-state index in [1.54, 1.807) is 44.2 Å². The average molecular weight is 277 g/mol. The minimum absolute atomic E-state index is 0.133. The van der Waals surface area contributed by atoms with Gasteiger partial charge in [0.25, 0.3) is 0 Å². The number of hydrogen-bond acceptors (Lipinski definition) is 1. The number of benzene rings is 2. The summed E-state index contributed by atoms with van der Waals surface area (Å²) in [5, 5.41) is 0.518. The van der Waals surface area contributed by atoms with Crippen molar-refractivity contribution < 1.29 is 9.18 Å². The van der Waals surface area contributed by atoms with Crippen molar-refractivity contribution >= 4 is 17.4 Å². The molecule has 98 valence electrons. The Labute approximate surface area is 117 Å². The molecule has 0 radical (unpaired) electrons. The third-order valence-electron chi connectivity index (χ3n) is 3.14. The summed E-state index contributed by atoms with van der Waals surface area (Å²) in [4.78, 5) is 12.5. The Hall–Kier alpha value is -1.67. The normalized spacial score (nSPS) is 10.6. The zero-order chi connectivity index (χ0) is 14.2. The van der Waals surface area contributed by atoms with Crippen molar-refractivity contribution in [3.8, 4) is 0 Å². The summed E-state index contributed by atoms with van der Waals surface area (Å²) >= 11 is 5.92. The van der Waals surface area contributed by atoms with Gasteiger partial charge in [-0.25, -0.2) is 4.39 Å². The number of aryl methyl sites for hydroxylation is 3. The molecule has 0 aromatic heterocycles. The van der Waals surface area contributed by atoms with Gasteiger partial charge in [0.2, 0.25) is 0 Å². The van der Waals surface area contributed by atoms with E-state index in [2.05, 4.69) is 0 Å². The summed E-state index contributed by atoms with van der Waals surface area (Å²) in [6.07, 6.45) is 0. The van der Waals surface area contributed by atoms with Crippen molar-refractivity contribution in [2.45, 2.75) is 20.8 Å². The molecule has 0 aliphatic heterocycles. The van der Waals surface area contributed by atoms with Crippen LogP contribution in [0, 0.1) is 26.6 Å². The third-order valence-corrected chi connectivity index (χ3v) is 3.38. The van der Waals surface area contributed by atoms with E-state index in [1.807, 2.05) is 6.92 Å². The molecule has 0 heterocycles. The van der Waals surface area contributed by atoms with Crippen molar-refractivity contribution in [1.82, 2.24) is 0 Å². The van der Waals surface area contributed by atoms with Gasteiger partial charge >= 0.3 is 0 Å². The van der Waals surface area contributed by atoms with Crippen molar-refractivity contribution in [1.29, 1.82) is 0 Å². The first-order valence-electron chi connectivity index (χ1n) is 5.97. The molecule has 0 spiro atoms. The molecule has 0 N–H and O–H groups in total. The highest BCUT2D eigenvalue weighted by Gasteiger charge is 2.15. The molecule has 1 nitrogen and oxygen atoms in total. The lowest BCUT2D eigenvalue weighted by molar-refractivity contribution is 0.103. The Balaban J connectivity index is 2.53. The molecule has 3 heteroatoms. The molecule has 19 heavy (non-hydrogen) atoms. The highest BCUT2D eigenvalue weighted by Crippen LogP contribution is 2.21. The van der Waals surface area contributed by atoms with Gasteiger partial charge in [0.15, 0.2) is 5.78 Å². The van der Waals surface area contributed by atoms with Gasteiger partial charge in [-0.05, 0) is 61.7 Å². The van der Waals surface area contributed by atoms with E-state index >= 15 is 0 Å². The van der Waals surface area contributed by atoms with Gasteiger partial charge < -0.3 is 0 Å². The van der Waals surface area contributed by atoms with E-state index in [0.29, 0.717) is 27.3 Å². The highest BCUT2D eigenvalue weighted by atomic mass is 35.5. The van der Waals surface area contributed by atoms with Gasteiger partial charge in [-0.2, -0.15) is 0 Å². The fraction of sp³-hybridized carbons (Fsp3) is 0.188. The maximum Gasteiger partial charge on any atom is 0.193 e. The molecular weight excluding hydrogens is 263 g/mol. The number of carbonyl (C=O) groups excluding carboxylic acids is 1. The summed E-state index contributed by atoms with van der Waals surface area (Å²) < 4.78 is 13.6. The first kappa shape index (κ1) is 13.8. The summed E-state index contributed by atoms with van der Waals surface area (Å²) in [5.74, 6) is -0.398. The smallest absolute Gasteiger partial charge is 0.193 e. The molecule has 0 saturated carbocycles. The zero-order valence-corrected chi connectivity index (χ0v) is 11.8. The molecular formula is C16H14ClFO. The topological polar surface area (TPSA) is 17.1 Å². The van der Waals surface area contributed by atoms with Gasteiger partial charge in [-0.3, -0.25) is 4.79 Å². The van der Waals surface area contributed by atoms with Crippen LogP contribution >= 0.6 is 11.6 Å². The number of rotatable bonds is 2. The summed E-state index contributed by atoms with van der Waals surface area (Å²) in [6, 6.07) is 8.34. The highest BCUT2D eigenvalue weighted by molar-refractivity contribution is 6.31. The fourth-order valence-electron chi connectivity index (χ4n) is 2.07. The maximum atomic E-state index is 13.6. The third kappa shape index (κ3) is 2.69. The van der Waals surface area contributed by atoms with Gasteiger partial charge in [0.1, 0.15) is 5.82 Å². The van der Waals surface area contributed by atoms with Crippen LogP contribution in [0.15, 0.2) is 30.3 Å². The van der Waals surface area contributed by atoms with Crippen LogP contribution in [0.5, 0.6) is 0 Å². The Kier molecular flexibility index (Phi) is 3.72. The van der Waals surface area contributed by atoms with Crippen molar-refractivity contribution in [2.75, 3.05) is 0 Å². The van der Waals surface area contributed by atoms with E-state index in [9.17, 15) is 9.18 Å². The Morgan fingerprint density at radius 2 is 1.58 bits per heavy atom. The minimum atomic E-state index is -0.264. The Morgan fingerprint density at radius 1 is 1.00 bits per heavy atom. The van der Waals surface area contributed by atoms with E-state index in [-0.39, 0.29) is 11.6 Å². The summed E-state index contributed by atoms with van der Waals surface area (Å²) in [5.41, 5.74) is 2.85.